The van der Waals surface area contributed by atoms with Gasteiger partial charge in [0.2, 0.25) is 0 Å². The second kappa shape index (κ2) is 7.45. The van der Waals surface area contributed by atoms with Crippen LogP contribution in [0.2, 0.25) is 0 Å². The molecule has 1 amide bonds. The summed E-state index contributed by atoms with van der Waals surface area (Å²) in [5.41, 5.74) is 2.03. The van der Waals surface area contributed by atoms with Gasteiger partial charge in [-0.15, -0.1) is 0 Å². The van der Waals surface area contributed by atoms with Crippen molar-refractivity contribution in [2.45, 2.75) is 19.8 Å². The number of anilines is 1. The van der Waals surface area contributed by atoms with E-state index >= 15 is 0 Å². The van der Waals surface area contributed by atoms with Gasteiger partial charge in [-0.1, -0.05) is 26.0 Å². The fraction of sp³-hybridized carbons (Fsp3) is 0.235. The zero-order valence-corrected chi connectivity index (χ0v) is 14.3. The zero-order valence-electron chi connectivity index (χ0n) is 12.1. The topological polar surface area (TPSA) is 38.3 Å². The van der Waals surface area contributed by atoms with Crippen molar-refractivity contribution in [3.8, 4) is 5.75 Å². The lowest BCUT2D eigenvalue weighted by Crippen LogP contribution is -2.20. The summed E-state index contributed by atoms with van der Waals surface area (Å²) in [6.07, 6.45) is 0. The summed E-state index contributed by atoms with van der Waals surface area (Å²) in [6, 6.07) is 15.5. The van der Waals surface area contributed by atoms with Gasteiger partial charge in [0.05, 0.1) is 0 Å². The number of benzene rings is 2. The molecule has 21 heavy (non-hydrogen) atoms. The Balaban J connectivity index is 1.84. The predicted molar refractivity (Wildman–Crippen MR) is 93.8 cm³/mol. The molecule has 3 nitrogen and oxygen atoms in total. The molecule has 0 spiro atoms. The monoisotopic (exact) mass is 395 g/mol. The molecule has 110 valence electrons. The Morgan fingerprint density at radius 3 is 2.29 bits per heavy atom. The lowest BCUT2D eigenvalue weighted by atomic mass is 10.0. The van der Waals surface area contributed by atoms with E-state index in [1.165, 1.54) is 5.56 Å². The molecule has 0 aliphatic rings. The van der Waals surface area contributed by atoms with Crippen LogP contribution in [0.5, 0.6) is 5.75 Å². The maximum Gasteiger partial charge on any atom is 0.262 e. The van der Waals surface area contributed by atoms with E-state index in [0.29, 0.717) is 11.7 Å². The highest BCUT2D eigenvalue weighted by Crippen LogP contribution is 2.18. The van der Waals surface area contributed by atoms with Crippen LogP contribution in [-0.2, 0) is 4.79 Å². The Labute approximate surface area is 138 Å². The Bertz CT molecular complexity index is 591. The molecule has 4 heteroatoms. The van der Waals surface area contributed by atoms with Crippen LogP contribution in [0.3, 0.4) is 0 Å². The quantitative estimate of drug-likeness (QED) is 0.761. The first kappa shape index (κ1) is 15.8. The van der Waals surface area contributed by atoms with Gasteiger partial charge >= 0.3 is 0 Å². The largest absolute Gasteiger partial charge is 0.484 e. The minimum Gasteiger partial charge on any atom is -0.484 e. The number of hydrogen-bond acceptors (Lipinski definition) is 2. The zero-order chi connectivity index (χ0) is 15.2. The van der Waals surface area contributed by atoms with Crippen molar-refractivity contribution in [3.63, 3.8) is 0 Å². The molecule has 2 aromatic carbocycles. The van der Waals surface area contributed by atoms with Crippen molar-refractivity contribution < 1.29 is 9.53 Å². The number of hydrogen-bond donors (Lipinski definition) is 1. The molecule has 2 rings (SSSR count). The SMILES string of the molecule is CC(C)c1ccc(OCC(=O)Nc2ccc(I)cc2)cc1. The number of halogens is 1. The first-order valence-electron chi connectivity index (χ1n) is 6.83. The smallest absolute Gasteiger partial charge is 0.262 e. The van der Waals surface area contributed by atoms with Crippen LogP contribution in [0, 0.1) is 3.57 Å². The third kappa shape index (κ3) is 5.04. The normalized spacial score (nSPS) is 10.5. The summed E-state index contributed by atoms with van der Waals surface area (Å²) in [5.74, 6) is 1.03. The van der Waals surface area contributed by atoms with Crippen LogP contribution < -0.4 is 10.1 Å². The molecule has 0 atom stereocenters. The molecular weight excluding hydrogens is 377 g/mol. The summed E-state index contributed by atoms with van der Waals surface area (Å²) in [5, 5.41) is 2.80. The number of ether oxygens (including phenoxy) is 1. The second-order valence-corrected chi connectivity index (χ2v) is 6.31. The highest BCUT2D eigenvalue weighted by atomic mass is 127. The summed E-state index contributed by atoms with van der Waals surface area (Å²) in [4.78, 5) is 11.8. The number of carbonyl (C=O) groups is 1. The van der Waals surface area contributed by atoms with Crippen LogP contribution in [0.15, 0.2) is 48.5 Å². The number of carbonyl (C=O) groups excluding carboxylic acids is 1. The lowest BCUT2D eigenvalue weighted by molar-refractivity contribution is -0.118. The average Bonchev–Trinajstić information content (AvgIpc) is 2.48. The predicted octanol–water partition coefficient (Wildman–Crippen LogP) is 4.43. The fourth-order valence-electron chi connectivity index (χ4n) is 1.83. The molecule has 0 aliphatic carbocycles. The molecule has 0 saturated heterocycles. The van der Waals surface area contributed by atoms with E-state index in [4.69, 9.17) is 4.74 Å². The molecule has 0 unspecified atom stereocenters. The number of nitrogens with one attached hydrogen (secondary N) is 1. The van der Waals surface area contributed by atoms with Gasteiger partial charge in [-0.3, -0.25) is 4.79 Å². The molecular formula is C17H18INO2. The standard InChI is InChI=1S/C17H18INO2/c1-12(2)13-3-9-16(10-4-13)21-11-17(20)19-15-7-5-14(18)6-8-15/h3-10,12H,11H2,1-2H3,(H,19,20). The van der Waals surface area contributed by atoms with Crippen molar-refractivity contribution in [2.75, 3.05) is 11.9 Å². The highest BCUT2D eigenvalue weighted by molar-refractivity contribution is 14.1. The van der Waals surface area contributed by atoms with Crippen molar-refractivity contribution in [1.82, 2.24) is 0 Å². The van der Waals surface area contributed by atoms with Crippen molar-refractivity contribution in [2.24, 2.45) is 0 Å². The maximum absolute atomic E-state index is 11.8. The van der Waals surface area contributed by atoms with Gasteiger partial charge in [-0.25, -0.2) is 0 Å². The van der Waals surface area contributed by atoms with E-state index in [9.17, 15) is 4.79 Å². The molecule has 0 heterocycles. The van der Waals surface area contributed by atoms with Gasteiger partial charge in [-0.2, -0.15) is 0 Å². The summed E-state index contributed by atoms with van der Waals surface area (Å²) < 4.78 is 6.62. The minimum atomic E-state index is -0.163. The van der Waals surface area contributed by atoms with Crippen LogP contribution in [0.1, 0.15) is 25.3 Å². The van der Waals surface area contributed by atoms with Gasteiger partial charge in [-0.05, 0) is 70.5 Å². The first-order valence-corrected chi connectivity index (χ1v) is 7.90. The Kier molecular flexibility index (Phi) is 5.61. The average molecular weight is 395 g/mol. The molecule has 0 saturated carbocycles. The van der Waals surface area contributed by atoms with E-state index in [1.54, 1.807) is 0 Å². The van der Waals surface area contributed by atoms with Crippen LogP contribution in [0.25, 0.3) is 0 Å². The van der Waals surface area contributed by atoms with Crippen LogP contribution in [0.4, 0.5) is 5.69 Å². The molecule has 0 fully saturated rings. The summed E-state index contributed by atoms with van der Waals surface area (Å²) in [7, 11) is 0. The summed E-state index contributed by atoms with van der Waals surface area (Å²) >= 11 is 2.22. The maximum atomic E-state index is 11.8. The van der Waals surface area contributed by atoms with Crippen molar-refractivity contribution in [1.29, 1.82) is 0 Å². The summed E-state index contributed by atoms with van der Waals surface area (Å²) in [6.45, 7) is 4.29. The van der Waals surface area contributed by atoms with E-state index in [1.807, 2.05) is 48.5 Å². The third-order valence-corrected chi connectivity index (χ3v) is 3.76. The fourth-order valence-corrected chi connectivity index (χ4v) is 2.19. The molecule has 0 radical (unpaired) electrons. The van der Waals surface area contributed by atoms with E-state index in [0.717, 1.165) is 9.26 Å². The van der Waals surface area contributed by atoms with E-state index < -0.39 is 0 Å². The second-order valence-electron chi connectivity index (χ2n) is 5.07. The number of amides is 1. The van der Waals surface area contributed by atoms with Crippen LogP contribution in [-0.4, -0.2) is 12.5 Å². The van der Waals surface area contributed by atoms with Gasteiger partial charge in [0, 0.05) is 9.26 Å². The van der Waals surface area contributed by atoms with Crippen LogP contribution >= 0.6 is 22.6 Å². The third-order valence-electron chi connectivity index (χ3n) is 3.04. The van der Waals surface area contributed by atoms with Crippen molar-refractivity contribution >= 4 is 34.2 Å². The van der Waals surface area contributed by atoms with Gasteiger partial charge in [0.25, 0.3) is 5.91 Å². The van der Waals surface area contributed by atoms with Gasteiger partial charge < -0.3 is 10.1 Å². The van der Waals surface area contributed by atoms with Gasteiger partial charge in [0.1, 0.15) is 5.75 Å². The molecule has 0 aromatic heterocycles. The molecule has 0 aliphatic heterocycles. The number of rotatable bonds is 5. The Morgan fingerprint density at radius 2 is 1.71 bits per heavy atom. The molecule has 1 N–H and O–H groups in total. The Morgan fingerprint density at radius 1 is 1.10 bits per heavy atom. The lowest BCUT2D eigenvalue weighted by Gasteiger charge is -2.09. The Hall–Kier alpha value is -1.56. The van der Waals surface area contributed by atoms with E-state index in [2.05, 4.69) is 41.8 Å². The highest BCUT2D eigenvalue weighted by Gasteiger charge is 2.04. The molecule has 0 bridgehead atoms. The van der Waals surface area contributed by atoms with Crippen molar-refractivity contribution in [3.05, 3.63) is 57.7 Å². The molecule has 2 aromatic rings. The minimum absolute atomic E-state index is 0.00696. The van der Waals surface area contributed by atoms with E-state index in [-0.39, 0.29) is 12.5 Å². The first-order chi connectivity index (χ1) is 10.0. The van der Waals surface area contributed by atoms with Gasteiger partial charge in [0.15, 0.2) is 6.61 Å².